The Balaban J connectivity index is 1.25. The minimum Gasteiger partial charge on any atom is -0.480 e. The molecule has 16 nitrogen and oxygen atoms in total. The lowest BCUT2D eigenvalue weighted by Crippen LogP contribution is -2.60. The molecule has 6 heterocycles. The number of nitrogens with one attached hydrogen (secondary N) is 2. The second kappa shape index (κ2) is 21.2. The van der Waals surface area contributed by atoms with Crippen molar-refractivity contribution in [3.05, 3.63) is 41.7 Å². The number of carboxylic acid groups (broad SMARTS) is 1. The molecule has 3 aromatic rings. The first-order valence-corrected chi connectivity index (χ1v) is 24.7. The number of piperazine rings is 1. The van der Waals surface area contributed by atoms with Crippen molar-refractivity contribution in [2.75, 3.05) is 69.3 Å². The number of hydrazine groups is 1. The van der Waals surface area contributed by atoms with Gasteiger partial charge in [-0.25, -0.2) is 10.2 Å². The molecular formula is C51H76N8O8. The number of alkyl carbamates (subject to hydrolysis) is 1. The molecule has 2 unspecified atom stereocenters. The number of aryl methyl sites for hydroxylation is 1. The molecule has 5 atom stereocenters. The maximum atomic E-state index is 14.1. The second-order valence-corrected chi connectivity index (χ2v) is 21.1. The molecule has 2 amide bonds. The highest BCUT2D eigenvalue weighted by Crippen LogP contribution is 2.43. The molecule has 0 radical (unpaired) electrons. The van der Waals surface area contributed by atoms with Crippen molar-refractivity contribution in [1.29, 1.82) is 0 Å². The van der Waals surface area contributed by atoms with Crippen LogP contribution >= 0.6 is 0 Å². The van der Waals surface area contributed by atoms with Gasteiger partial charge in [-0.1, -0.05) is 20.3 Å². The average molecular weight is 929 g/mol. The first-order valence-electron chi connectivity index (χ1n) is 24.7. The van der Waals surface area contributed by atoms with E-state index in [1.165, 1.54) is 37.7 Å². The van der Waals surface area contributed by atoms with Crippen LogP contribution in [-0.2, 0) is 41.6 Å². The van der Waals surface area contributed by atoms with Crippen LogP contribution in [0.15, 0.2) is 30.5 Å². The number of amides is 2. The largest absolute Gasteiger partial charge is 0.480 e. The van der Waals surface area contributed by atoms with E-state index in [-0.39, 0.29) is 30.5 Å². The Hall–Kier alpha value is -4.93. The van der Waals surface area contributed by atoms with Crippen molar-refractivity contribution in [3.63, 3.8) is 0 Å². The number of nitrogens with zero attached hydrogens (tertiary/aromatic N) is 6. The van der Waals surface area contributed by atoms with Gasteiger partial charge in [-0.3, -0.25) is 29.3 Å². The zero-order chi connectivity index (χ0) is 48.2. The average Bonchev–Trinajstić information content (AvgIpc) is 3.60. The molecule has 0 bridgehead atoms. The molecule has 4 aliphatic rings. The number of esters is 1. The van der Waals surface area contributed by atoms with E-state index in [1.54, 1.807) is 27.9 Å². The number of piperidine rings is 2. The van der Waals surface area contributed by atoms with Gasteiger partial charge in [0.1, 0.15) is 17.7 Å². The minimum atomic E-state index is -1.02. The van der Waals surface area contributed by atoms with Crippen molar-refractivity contribution in [2.24, 2.45) is 11.3 Å². The number of aromatic nitrogens is 2. The Labute approximate surface area is 397 Å². The number of aliphatic carboxylic acids is 1. The van der Waals surface area contributed by atoms with Crippen molar-refractivity contribution in [1.82, 2.24) is 30.2 Å². The highest BCUT2D eigenvalue weighted by atomic mass is 16.6. The molecule has 4 fully saturated rings. The first kappa shape index (κ1) is 50.0. The van der Waals surface area contributed by atoms with Gasteiger partial charge in [0.25, 0.3) is 5.91 Å². The van der Waals surface area contributed by atoms with E-state index in [0.29, 0.717) is 51.4 Å². The Bertz CT molecular complexity index is 2250. The van der Waals surface area contributed by atoms with Gasteiger partial charge in [0.15, 0.2) is 0 Å². The fraction of sp³-hybridized carbons (Fsp3) is 0.667. The van der Waals surface area contributed by atoms with Crippen LogP contribution in [0.25, 0.3) is 22.2 Å². The lowest BCUT2D eigenvalue weighted by molar-refractivity contribution is -0.148. The molecule has 2 aromatic heterocycles. The summed E-state index contributed by atoms with van der Waals surface area (Å²) in [5.74, 6) is -1.66. The maximum absolute atomic E-state index is 14.1. The number of pyridine rings is 1. The third-order valence-corrected chi connectivity index (χ3v) is 14.1. The zero-order valence-electron chi connectivity index (χ0n) is 41.5. The minimum absolute atomic E-state index is 0.0358. The van der Waals surface area contributed by atoms with Gasteiger partial charge in [-0.15, -0.1) is 0 Å². The van der Waals surface area contributed by atoms with Gasteiger partial charge in [0.05, 0.1) is 36.0 Å². The van der Waals surface area contributed by atoms with Crippen LogP contribution < -0.4 is 20.5 Å². The maximum Gasteiger partial charge on any atom is 0.408 e. The van der Waals surface area contributed by atoms with E-state index < -0.39 is 35.2 Å². The van der Waals surface area contributed by atoms with Crippen LogP contribution in [0.3, 0.4) is 0 Å². The molecule has 0 saturated carbocycles. The van der Waals surface area contributed by atoms with Crippen LogP contribution in [0.1, 0.15) is 124 Å². The predicted octanol–water partition coefficient (Wildman–Crippen LogP) is 7.32. The SMILES string of the molecule is CCn1c(-c2cc(N3CCN4CCCC[C@@H]4C3)cnc2C(C)OC)c(CC(C)(C)COC(C)=O)c2cc(N3CCC[C@@H](CC(NC(=O)OC(C)(C)C)C(=O)N4CCC[C@@H](C(=O)O)N4)C3)ccc21. The Morgan fingerprint density at radius 2 is 1.69 bits per heavy atom. The number of carboxylic acids is 1. The van der Waals surface area contributed by atoms with Gasteiger partial charge in [-0.05, 0) is 128 Å². The lowest BCUT2D eigenvalue weighted by atomic mass is 9.84. The fourth-order valence-corrected chi connectivity index (χ4v) is 10.7. The summed E-state index contributed by atoms with van der Waals surface area (Å²) >= 11 is 0. The summed E-state index contributed by atoms with van der Waals surface area (Å²) in [5.41, 5.74) is 9.15. The van der Waals surface area contributed by atoms with E-state index in [2.05, 4.69) is 82.0 Å². The summed E-state index contributed by atoms with van der Waals surface area (Å²) in [6.45, 7) is 22.3. The highest BCUT2D eigenvalue weighted by Gasteiger charge is 2.37. The summed E-state index contributed by atoms with van der Waals surface area (Å²) in [6, 6.07) is 7.79. The summed E-state index contributed by atoms with van der Waals surface area (Å²) in [7, 11) is 1.73. The quantitative estimate of drug-likeness (QED) is 0.130. The smallest absolute Gasteiger partial charge is 0.408 e. The molecule has 0 spiro atoms. The zero-order valence-corrected chi connectivity index (χ0v) is 41.5. The number of fused-ring (bicyclic) bond motifs is 2. The van der Waals surface area contributed by atoms with E-state index >= 15 is 0 Å². The van der Waals surface area contributed by atoms with Gasteiger partial charge in [0.2, 0.25) is 0 Å². The third-order valence-electron chi connectivity index (χ3n) is 14.1. The first-order chi connectivity index (χ1) is 31.8. The van der Waals surface area contributed by atoms with Crippen LogP contribution in [-0.4, -0.2) is 132 Å². The molecule has 0 aliphatic carbocycles. The van der Waals surface area contributed by atoms with Gasteiger partial charge in [-0.2, -0.15) is 0 Å². The van der Waals surface area contributed by atoms with Crippen LogP contribution in [0.5, 0.6) is 0 Å². The molecule has 3 N–H and O–H groups in total. The fourth-order valence-electron chi connectivity index (χ4n) is 10.7. The van der Waals surface area contributed by atoms with Gasteiger partial charge in [0, 0.05) is 93.5 Å². The monoisotopic (exact) mass is 929 g/mol. The molecule has 7 rings (SSSR count). The van der Waals surface area contributed by atoms with E-state index in [9.17, 15) is 24.3 Å². The summed E-state index contributed by atoms with van der Waals surface area (Å²) < 4.78 is 19.7. The number of carbonyl (C=O) groups is 4. The van der Waals surface area contributed by atoms with Gasteiger partial charge < -0.3 is 39.0 Å². The van der Waals surface area contributed by atoms with E-state index in [0.717, 1.165) is 83.8 Å². The van der Waals surface area contributed by atoms with Crippen LogP contribution in [0.2, 0.25) is 0 Å². The molecule has 368 valence electrons. The molecule has 4 aliphatic heterocycles. The Kier molecular flexibility index (Phi) is 15.8. The Morgan fingerprint density at radius 1 is 0.925 bits per heavy atom. The lowest BCUT2D eigenvalue weighted by Gasteiger charge is -2.45. The normalized spacial score (nSPS) is 21.7. The topological polar surface area (TPSA) is 171 Å². The number of benzene rings is 1. The number of anilines is 2. The number of carbonyl (C=O) groups excluding carboxylic acids is 3. The summed E-state index contributed by atoms with van der Waals surface area (Å²) in [5, 5.41) is 15.1. The third kappa shape index (κ3) is 12.0. The summed E-state index contributed by atoms with van der Waals surface area (Å²) in [6.07, 6.45) is 8.50. The molecule has 4 saturated heterocycles. The van der Waals surface area contributed by atoms with Crippen LogP contribution in [0, 0.1) is 11.3 Å². The van der Waals surface area contributed by atoms with Crippen molar-refractivity contribution < 1.29 is 38.5 Å². The number of ether oxygens (including phenoxy) is 3. The van der Waals surface area contributed by atoms with Gasteiger partial charge >= 0.3 is 18.0 Å². The number of hydrogen-bond donors (Lipinski definition) is 3. The summed E-state index contributed by atoms with van der Waals surface area (Å²) in [4.78, 5) is 64.1. The van der Waals surface area contributed by atoms with Crippen molar-refractivity contribution in [2.45, 2.75) is 150 Å². The van der Waals surface area contributed by atoms with E-state index in [4.69, 9.17) is 19.2 Å². The molecular weight excluding hydrogens is 853 g/mol. The highest BCUT2D eigenvalue weighted by molar-refractivity contribution is 5.95. The molecule has 67 heavy (non-hydrogen) atoms. The number of rotatable bonds is 15. The predicted molar refractivity (Wildman–Crippen MR) is 260 cm³/mol. The molecule has 1 aromatic carbocycles. The molecule has 16 heteroatoms. The van der Waals surface area contributed by atoms with Crippen molar-refractivity contribution >= 4 is 46.2 Å². The number of hydrogen-bond acceptors (Lipinski definition) is 12. The van der Waals surface area contributed by atoms with Crippen molar-refractivity contribution in [3.8, 4) is 11.3 Å². The van der Waals surface area contributed by atoms with Crippen LogP contribution in [0.4, 0.5) is 16.2 Å². The number of methoxy groups -OCH3 is 1. The Morgan fingerprint density at radius 3 is 2.40 bits per heavy atom. The standard InChI is InChI=1S/C51H76N8O8/c1-10-58-44-19-18-36(56-21-13-15-35(30-56)25-43(53-49(64)67-50(4,5)6)47(61)59-22-14-17-42(54-59)48(62)63)26-39(44)41(28-51(7,8)32-66-34(3)60)46(58)40-27-38(29-52-45(40)33(2)65-9)57-24-23-55-20-12-11-16-37(55)31-57/h18-19,26-27,29,33,35,37,42-43,54H,10-17,20-25,28,30-32H2,1-9H3,(H,53,64)(H,62,63)/t33?,35-,37+,42-,43?/m0/s1. The second-order valence-electron chi connectivity index (χ2n) is 21.1. The van der Waals surface area contributed by atoms with E-state index in [1.807, 2.05) is 6.20 Å².